The third kappa shape index (κ3) is 5.93. The highest BCUT2D eigenvalue weighted by molar-refractivity contribution is 6.00. The zero-order valence-electron chi connectivity index (χ0n) is 22.0. The number of rotatable bonds is 7. The molecule has 1 aliphatic rings. The highest BCUT2D eigenvalue weighted by Crippen LogP contribution is 2.35. The first-order valence-electron chi connectivity index (χ1n) is 12.7. The van der Waals surface area contributed by atoms with E-state index in [-0.39, 0.29) is 17.2 Å². The van der Waals surface area contributed by atoms with Crippen LogP contribution in [-0.2, 0) is 18.6 Å². The minimum atomic E-state index is -4.74. The first kappa shape index (κ1) is 26.4. The second-order valence-electron chi connectivity index (χ2n) is 10.4. The Morgan fingerprint density at radius 3 is 2.28 bits per heavy atom. The van der Waals surface area contributed by atoms with Crippen molar-refractivity contribution < 1.29 is 22.7 Å². The number of hydrogen-bond acceptors (Lipinski definition) is 3. The van der Waals surface area contributed by atoms with E-state index in [1.54, 1.807) is 17.0 Å². The number of anilines is 1. The molecule has 0 bridgehead atoms. The highest BCUT2D eigenvalue weighted by Gasteiger charge is 2.32. The van der Waals surface area contributed by atoms with E-state index in [4.69, 9.17) is 0 Å². The number of carbonyl (C=O) groups excluding carboxylic acids is 1. The Kier molecular flexibility index (Phi) is 6.85. The molecule has 1 aliphatic heterocycles. The first-order valence-corrected chi connectivity index (χ1v) is 12.7. The van der Waals surface area contributed by atoms with Crippen LogP contribution in [0.1, 0.15) is 46.5 Å². The van der Waals surface area contributed by atoms with E-state index in [0.29, 0.717) is 18.7 Å². The topological polar surface area (TPSA) is 41.6 Å². The summed E-state index contributed by atoms with van der Waals surface area (Å²) in [7, 11) is 0. The van der Waals surface area contributed by atoms with Crippen LogP contribution in [0, 0.1) is 6.92 Å². The molecule has 0 saturated carbocycles. The third-order valence-electron chi connectivity index (χ3n) is 6.96. The molecule has 1 N–H and O–H groups in total. The highest BCUT2D eigenvalue weighted by atomic mass is 19.4. The quantitative estimate of drug-likeness (QED) is 0.263. The SMILES string of the molecule is Cc1cc(-c2cccc(C(C)(C)Nc3ccccc3)c2)cc2c1C(=O)N(Cc1ccc(OC(F)(F)F)cc1)C2. The molecule has 39 heavy (non-hydrogen) atoms. The largest absolute Gasteiger partial charge is 0.573 e. The van der Waals surface area contributed by atoms with Crippen LogP contribution in [0.25, 0.3) is 11.1 Å². The molecule has 1 amide bonds. The van der Waals surface area contributed by atoms with Gasteiger partial charge in [0.2, 0.25) is 0 Å². The van der Waals surface area contributed by atoms with Crippen molar-refractivity contribution >= 4 is 11.6 Å². The minimum absolute atomic E-state index is 0.0772. The van der Waals surface area contributed by atoms with Gasteiger partial charge in [0, 0.05) is 24.3 Å². The number of alkyl halides is 3. The Bertz CT molecular complexity index is 1500. The standard InChI is InChI=1S/C32H29F3N2O2/c1-21-16-24(23-8-7-9-26(18-23)31(2,3)36-27-10-5-4-6-11-27)17-25-20-37(30(38)29(21)25)19-22-12-14-28(15-13-22)39-32(33,34)35/h4-18,36H,19-20H2,1-3H3. The molecule has 0 atom stereocenters. The Morgan fingerprint density at radius 2 is 1.59 bits per heavy atom. The maximum absolute atomic E-state index is 13.2. The van der Waals surface area contributed by atoms with Crippen molar-refractivity contribution in [3.63, 3.8) is 0 Å². The van der Waals surface area contributed by atoms with E-state index in [0.717, 1.165) is 39.1 Å². The van der Waals surface area contributed by atoms with E-state index in [2.05, 4.69) is 48.2 Å². The number of nitrogens with one attached hydrogen (secondary N) is 1. The van der Waals surface area contributed by atoms with Crippen LogP contribution >= 0.6 is 0 Å². The van der Waals surface area contributed by atoms with E-state index in [1.165, 1.54) is 12.1 Å². The number of aryl methyl sites for hydroxylation is 1. The van der Waals surface area contributed by atoms with Gasteiger partial charge in [-0.2, -0.15) is 0 Å². The van der Waals surface area contributed by atoms with Crippen molar-refractivity contribution in [3.8, 4) is 16.9 Å². The van der Waals surface area contributed by atoms with Gasteiger partial charge in [-0.05, 0) is 90.6 Å². The summed E-state index contributed by atoms with van der Waals surface area (Å²) in [6, 6.07) is 28.2. The number of carbonyl (C=O) groups is 1. The lowest BCUT2D eigenvalue weighted by molar-refractivity contribution is -0.274. The van der Waals surface area contributed by atoms with Crippen molar-refractivity contribution in [2.24, 2.45) is 0 Å². The molecule has 0 unspecified atom stereocenters. The van der Waals surface area contributed by atoms with Crippen LogP contribution < -0.4 is 10.1 Å². The number of fused-ring (bicyclic) bond motifs is 1. The molecule has 0 fully saturated rings. The fourth-order valence-corrected chi connectivity index (χ4v) is 5.08. The predicted octanol–water partition coefficient (Wildman–Crippen LogP) is 8.06. The van der Waals surface area contributed by atoms with Crippen LogP contribution in [0.15, 0.2) is 91.0 Å². The number of halogens is 3. The molecule has 1 heterocycles. The van der Waals surface area contributed by atoms with Gasteiger partial charge in [0.15, 0.2) is 0 Å². The minimum Gasteiger partial charge on any atom is -0.406 e. The lowest BCUT2D eigenvalue weighted by atomic mass is 9.89. The van der Waals surface area contributed by atoms with E-state index < -0.39 is 6.36 Å². The molecule has 4 aromatic rings. The molecule has 7 heteroatoms. The molecule has 0 radical (unpaired) electrons. The van der Waals surface area contributed by atoms with Gasteiger partial charge in [0.25, 0.3) is 5.91 Å². The second-order valence-corrected chi connectivity index (χ2v) is 10.4. The van der Waals surface area contributed by atoms with Crippen molar-refractivity contribution in [2.75, 3.05) is 5.32 Å². The summed E-state index contributed by atoms with van der Waals surface area (Å²) in [6.07, 6.45) is -4.74. The molecular formula is C32H29F3N2O2. The van der Waals surface area contributed by atoms with Gasteiger partial charge in [0.1, 0.15) is 5.75 Å². The zero-order chi connectivity index (χ0) is 27.8. The summed E-state index contributed by atoms with van der Waals surface area (Å²) < 4.78 is 41.3. The predicted molar refractivity (Wildman–Crippen MR) is 146 cm³/mol. The smallest absolute Gasteiger partial charge is 0.406 e. The van der Waals surface area contributed by atoms with Crippen molar-refractivity contribution in [1.29, 1.82) is 0 Å². The zero-order valence-corrected chi connectivity index (χ0v) is 22.0. The summed E-state index contributed by atoms with van der Waals surface area (Å²) in [6.45, 7) is 6.96. The summed E-state index contributed by atoms with van der Waals surface area (Å²) in [5.41, 5.74) is 7.23. The molecule has 0 saturated heterocycles. The average Bonchev–Trinajstić information content (AvgIpc) is 3.20. The fourth-order valence-electron chi connectivity index (χ4n) is 5.08. The number of amides is 1. The number of para-hydroxylation sites is 1. The number of nitrogens with zero attached hydrogens (tertiary/aromatic N) is 1. The lowest BCUT2D eigenvalue weighted by Crippen LogP contribution is -2.27. The van der Waals surface area contributed by atoms with Crippen LogP contribution in [0.5, 0.6) is 5.75 Å². The fraction of sp³-hybridized carbons (Fsp3) is 0.219. The lowest BCUT2D eigenvalue weighted by Gasteiger charge is -2.29. The maximum Gasteiger partial charge on any atom is 0.573 e. The summed E-state index contributed by atoms with van der Waals surface area (Å²) in [5, 5.41) is 3.60. The summed E-state index contributed by atoms with van der Waals surface area (Å²) in [4.78, 5) is 14.9. The Morgan fingerprint density at radius 1 is 0.872 bits per heavy atom. The van der Waals surface area contributed by atoms with Gasteiger partial charge in [-0.15, -0.1) is 13.2 Å². The van der Waals surface area contributed by atoms with Crippen molar-refractivity contribution in [1.82, 2.24) is 4.90 Å². The van der Waals surface area contributed by atoms with Gasteiger partial charge in [-0.3, -0.25) is 4.79 Å². The van der Waals surface area contributed by atoms with Crippen molar-refractivity contribution in [2.45, 2.75) is 45.8 Å². The number of ether oxygens (including phenoxy) is 1. The molecule has 4 nitrogen and oxygen atoms in total. The van der Waals surface area contributed by atoms with E-state index in [9.17, 15) is 18.0 Å². The van der Waals surface area contributed by atoms with E-state index in [1.807, 2.05) is 49.4 Å². The average molecular weight is 531 g/mol. The van der Waals surface area contributed by atoms with E-state index >= 15 is 0 Å². The maximum atomic E-state index is 13.2. The Balaban J connectivity index is 1.35. The van der Waals surface area contributed by atoms with Crippen LogP contribution in [0.4, 0.5) is 18.9 Å². The molecular weight excluding hydrogens is 501 g/mol. The first-order chi connectivity index (χ1) is 18.5. The van der Waals surface area contributed by atoms with Gasteiger partial charge >= 0.3 is 6.36 Å². The van der Waals surface area contributed by atoms with Gasteiger partial charge < -0.3 is 15.0 Å². The normalized spacial score (nSPS) is 13.4. The monoisotopic (exact) mass is 530 g/mol. The molecule has 5 rings (SSSR count). The number of benzene rings is 4. The molecule has 0 aromatic heterocycles. The van der Waals surface area contributed by atoms with Crippen LogP contribution in [0.3, 0.4) is 0 Å². The Labute approximate surface area is 226 Å². The van der Waals surface area contributed by atoms with Gasteiger partial charge in [0.05, 0.1) is 5.54 Å². The van der Waals surface area contributed by atoms with Gasteiger partial charge in [-0.1, -0.05) is 54.6 Å². The molecule has 4 aromatic carbocycles. The summed E-state index contributed by atoms with van der Waals surface area (Å²) in [5.74, 6) is -0.362. The van der Waals surface area contributed by atoms with Crippen molar-refractivity contribution in [3.05, 3.63) is 119 Å². The Hall–Kier alpha value is -4.26. The summed E-state index contributed by atoms with van der Waals surface area (Å²) >= 11 is 0. The van der Waals surface area contributed by atoms with Gasteiger partial charge in [-0.25, -0.2) is 0 Å². The molecule has 0 aliphatic carbocycles. The van der Waals surface area contributed by atoms with Crippen LogP contribution in [-0.4, -0.2) is 17.2 Å². The van der Waals surface area contributed by atoms with Crippen LogP contribution in [0.2, 0.25) is 0 Å². The second kappa shape index (κ2) is 10.1. The molecule has 0 spiro atoms. The third-order valence-corrected chi connectivity index (χ3v) is 6.96. The molecule has 200 valence electrons. The number of hydrogen-bond donors (Lipinski definition) is 1.